The van der Waals surface area contributed by atoms with Gasteiger partial charge in [0, 0.05) is 37.8 Å². The number of carbonyl (C=O) groups is 1. The smallest absolute Gasteiger partial charge is 0.257 e. The average Bonchev–Trinajstić information content (AvgIpc) is 2.81. The molecule has 1 amide bonds. The van der Waals surface area contributed by atoms with Gasteiger partial charge in [-0.05, 0) is 42.7 Å². The van der Waals surface area contributed by atoms with Crippen molar-refractivity contribution in [3.05, 3.63) is 57.0 Å². The van der Waals surface area contributed by atoms with Crippen molar-refractivity contribution >= 4 is 17.7 Å². The van der Waals surface area contributed by atoms with Gasteiger partial charge in [-0.25, -0.2) is 4.98 Å². The molecule has 1 aromatic heterocycles. The molecule has 6 heteroatoms. The van der Waals surface area contributed by atoms with Crippen LogP contribution in [0, 0.1) is 6.92 Å². The van der Waals surface area contributed by atoms with Crippen LogP contribution in [0.3, 0.4) is 0 Å². The summed E-state index contributed by atoms with van der Waals surface area (Å²) < 4.78 is 1.63. The van der Waals surface area contributed by atoms with E-state index in [1.54, 1.807) is 11.6 Å². The third kappa shape index (κ3) is 7.96. The van der Waals surface area contributed by atoms with E-state index in [2.05, 4.69) is 65.8 Å². The molecule has 0 aliphatic heterocycles. The van der Waals surface area contributed by atoms with Crippen LogP contribution in [-0.4, -0.2) is 38.7 Å². The Morgan fingerprint density at radius 1 is 1.06 bits per heavy atom. The van der Waals surface area contributed by atoms with Crippen LogP contribution >= 0.6 is 11.8 Å². The lowest BCUT2D eigenvalue weighted by atomic mass is 9.86. The molecular formula is C29H45N3O2S. The Hall–Kier alpha value is -2.08. The highest BCUT2D eigenvalue weighted by Gasteiger charge is 2.26. The van der Waals surface area contributed by atoms with Crippen molar-refractivity contribution in [1.29, 1.82) is 0 Å². The zero-order valence-electron chi connectivity index (χ0n) is 23.1. The SMILES string of the molecule is CCCCC(Sc1nc(C)c(Cc2ccc(C(C)(C)C)cc2)c(=O)n1C)C(=O)N(CCC)CCC. The van der Waals surface area contributed by atoms with E-state index in [0.717, 1.165) is 62.0 Å². The number of hydrogen-bond acceptors (Lipinski definition) is 4. The van der Waals surface area contributed by atoms with Crippen LogP contribution in [0.4, 0.5) is 0 Å². The van der Waals surface area contributed by atoms with Crippen molar-refractivity contribution in [1.82, 2.24) is 14.5 Å². The molecule has 194 valence electrons. The van der Waals surface area contributed by atoms with Crippen molar-refractivity contribution in [2.24, 2.45) is 7.05 Å². The summed E-state index contributed by atoms with van der Waals surface area (Å²) in [7, 11) is 1.78. The number of unbranched alkanes of at least 4 members (excludes halogenated alkanes) is 1. The molecule has 35 heavy (non-hydrogen) atoms. The number of nitrogens with zero attached hydrogens (tertiary/aromatic N) is 3. The zero-order valence-corrected chi connectivity index (χ0v) is 23.9. The number of benzene rings is 1. The molecule has 0 aliphatic rings. The van der Waals surface area contributed by atoms with Crippen LogP contribution in [0.25, 0.3) is 0 Å². The number of amides is 1. The third-order valence-electron chi connectivity index (χ3n) is 6.39. The lowest BCUT2D eigenvalue weighted by Gasteiger charge is -2.27. The summed E-state index contributed by atoms with van der Waals surface area (Å²) in [5, 5.41) is 0.406. The van der Waals surface area contributed by atoms with Crippen molar-refractivity contribution < 1.29 is 4.79 Å². The van der Waals surface area contributed by atoms with Crippen LogP contribution in [0.1, 0.15) is 96.0 Å². The lowest BCUT2D eigenvalue weighted by Crippen LogP contribution is -2.39. The highest BCUT2D eigenvalue weighted by atomic mass is 32.2. The number of aryl methyl sites for hydroxylation is 1. The first-order valence-electron chi connectivity index (χ1n) is 13.1. The second kappa shape index (κ2) is 13.3. The number of aromatic nitrogens is 2. The maximum atomic E-state index is 13.4. The summed E-state index contributed by atoms with van der Waals surface area (Å²) in [4.78, 5) is 33.6. The molecule has 0 fully saturated rings. The first kappa shape index (κ1) is 29.2. The maximum absolute atomic E-state index is 13.4. The van der Waals surface area contributed by atoms with Gasteiger partial charge in [-0.1, -0.05) is 90.4 Å². The van der Waals surface area contributed by atoms with E-state index in [0.29, 0.717) is 11.6 Å². The second-order valence-electron chi connectivity index (χ2n) is 10.5. The van der Waals surface area contributed by atoms with E-state index < -0.39 is 0 Å². The molecule has 0 spiro atoms. The summed E-state index contributed by atoms with van der Waals surface area (Å²) in [5.41, 5.74) is 3.91. The van der Waals surface area contributed by atoms with Gasteiger partial charge in [0.1, 0.15) is 0 Å². The van der Waals surface area contributed by atoms with Crippen LogP contribution in [0.15, 0.2) is 34.2 Å². The Balaban J connectivity index is 2.32. The van der Waals surface area contributed by atoms with Gasteiger partial charge in [0.05, 0.1) is 5.25 Å². The summed E-state index contributed by atoms with van der Waals surface area (Å²) in [5.74, 6) is 0.169. The number of thioether (sulfide) groups is 1. The van der Waals surface area contributed by atoms with E-state index >= 15 is 0 Å². The van der Waals surface area contributed by atoms with Gasteiger partial charge in [-0.15, -0.1) is 0 Å². The summed E-state index contributed by atoms with van der Waals surface area (Å²) in [6.07, 6.45) is 5.24. The number of carbonyl (C=O) groups excluding carboxylic acids is 1. The summed E-state index contributed by atoms with van der Waals surface area (Å²) in [6.45, 7) is 16.4. The molecule has 1 unspecified atom stereocenters. The average molecular weight is 500 g/mol. The first-order valence-corrected chi connectivity index (χ1v) is 14.0. The molecule has 1 heterocycles. The number of rotatable bonds is 12. The quantitative estimate of drug-likeness (QED) is 0.255. The van der Waals surface area contributed by atoms with Gasteiger partial charge in [-0.3, -0.25) is 14.2 Å². The van der Waals surface area contributed by atoms with Gasteiger partial charge in [0.25, 0.3) is 5.56 Å². The predicted molar refractivity (Wildman–Crippen MR) is 148 cm³/mol. The Labute approximate surface area is 216 Å². The normalized spacial score (nSPS) is 12.6. The molecule has 2 aromatic rings. The third-order valence-corrected chi connectivity index (χ3v) is 7.69. The first-order chi connectivity index (χ1) is 16.5. The Kier molecular flexibility index (Phi) is 11.1. The highest BCUT2D eigenvalue weighted by molar-refractivity contribution is 8.00. The van der Waals surface area contributed by atoms with E-state index in [9.17, 15) is 9.59 Å². The van der Waals surface area contributed by atoms with Gasteiger partial charge in [0.15, 0.2) is 5.16 Å². The maximum Gasteiger partial charge on any atom is 0.257 e. The van der Waals surface area contributed by atoms with Crippen molar-refractivity contribution in [3.63, 3.8) is 0 Å². The molecule has 2 rings (SSSR count). The summed E-state index contributed by atoms with van der Waals surface area (Å²) >= 11 is 1.45. The topological polar surface area (TPSA) is 55.2 Å². The minimum atomic E-state index is -0.221. The van der Waals surface area contributed by atoms with E-state index in [1.807, 2.05) is 11.8 Å². The second-order valence-corrected chi connectivity index (χ2v) is 11.7. The molecule has 1 aromatic carbocycles. The largest absolute Gasteiger partial charge is 0.342 e. The Bertz CT molecular complexity index is 1020. The highest BCUT2D eigenvalue weighted by Crippen LogP contribution is 2.28. The van der Waals surface area contributed by atoms with Gasteiger partial charge < -0.3 is 4.90 Å². The van der Waals surface area contributed by atoms with Crippen LogP contribution in [0.2, 0.25) is 0 Å². The van der Waals surface area contributed by atoms with E-state index in [-0.39, 0.29) is 22.1 Å². The molecule has 0 bridgehead atoms. The van der Waals surface area contributed by atoms with Gasteiger partial charge in [-0.2, -0.15) is 0 Å². The monoisotopic (exact) mass is 499 g/mol. The van der Waals surface area contributed by atoms with E-state index in [1.165, 1.54) is 17.3 Å². The standard InChI is InChI=1S/C29H45N3O2S/c1-9-12-13-25(27(34)32(18-10-2)19-11-3)35-28-30-21(4)24(26(33)31(28)8)20-22-14-16-23(17-15-22)29(5,6)7/h14-17,25H,9-13,18-20H2,1-8H3. The lowest BCUT2D eigenvalue weighted by molar-refractivity contribution is -0.130. The zero-order chi connectivity index (χ0) is 26.2. The molecule has 0 N–H and O–H groups in total. The van der Waals surface area contributed by atoms with Crippen LogP contribution in [-0.2, 0) is 23.7 Å². The van der Waals surface area contributed by atoms with Gasteiger partial charge >= 0.3 is 0 Å². The molecule has 0 radical (unpaired) electrons. The molecule has 1 atom stereocenters. The van der Waals surface area contributed by atoms with Gasteiger partial charge in [0.2, 0.25) is 5.91 Å². The molecule has 0 saturated heterocycles. The fourth-order valence-electron chi connectivity index (χ4n) is 4.19. The van der Waals surface area contributed by atoms with Crippen LogP contribution < -0.4 is 5.56 Å². The van der Waals surface area contributed by atoms with Crippen molar-refractivity contribution in [2.75, 3.05) is 13.1 Å². The predicted octanol–water partition coefficient (Wildman–Crippen LogP) is 6.28. The number of hydrogen-bond donors (Lipinski definition) is 0. The fraction of sp³-hybridized carbons (Fsp3) is 0.621. The van der Waals surface area contributed by atoms with Crippen LogP contribution in [0.5, 0.6) is 0 Å². The molecule has 0 saturated carbocycles. The van der Waals surface area contributed by atoms with Crippen molar-refractivity contribution in [2.45, 2.75) is 103 Å². The summed E-state index contributed by atoms with van der Waals surface area (Å²) in [6, 6.07) is 8.51. The Morgan fingerprint density at radius 2 is 1.66 bits per heavy atom. The molecule has 5 nitrogen and oxygen atoms in total. The molecular weight excluding hydrogens is 454 g/mol. The molecule has 0 aliphatic carbocycles. The minimum Gasteiger partial charge on any atom is -0.342 e. The fourth-order valence-corrected chi connectivity index (χ4v) is 5.41. The Morgan fingerprint density at radius 3 is 2.17 bits per heavy atom. The van der Waals surface area contributed by atoms with E-state index in [4.69, 9.17) is 4.98 Å². The van der Waals surface area contributed by atoms with Crippen molar-refractivity contribution in [3.8, 4) is 0 Å². The minimum absolute atomic E-state index is 0.0273.